The van der Waals surface area contributed by atoms with Crippen LogP contribution in [0, 0.1) is 17.2 Å². The average Bonchev–Trinajstić information content (AvgIpc) is 2.47. The first-order chi connectivity index (χ1) is 9.55. The summed E-state index contributed by atoms with van der Waals surface area (Å²) < 4.78 is 26.1. The molecular weight excluding hydrogens is 276 g/mol. The van der Waals surface area contributed by atoms with E-state index in [9.17, 15) is 8.42 Å². The summed E-state index contributed by atoms with van der Waals surface area (Å²) in [5.74, 6) is 0.134. The van der Waals surface area contributed by atoms with Gasteiger partial charge < -0.3 is 5.11 Å². The van der Waals surface area contributed by atoms with Crippen LogP contribution in [0.4, 0.5) is 0 Å². The molecule has 1 aliphatic heterocycles. The van der Waals surface area contributed by atoms with E-state index in [2.05, 4.69) is 0 Å². The molecule has 1 saturated heterocycles. The van der Waals surface area contributed by atoms with Crippen LogP contribution in [0.1, 0.15) is 24.0 Å². The summed E-state index contributed by atoms with van der Waals surface area (Å²) in [6, 6.07) is 8.69. The molecule has 0 aromatic heterocycles. The number of nitriles is 1. The molecule has 0 amide bonds. The number of piperidine rings is 1. The molecule has 0 bridgehead atoms. The molecule has 108 valence electrons. The molecule has 1 fully saturated rings. The van der Waals surface area contributed by atoms with E-state index in [-0.39, 0.29) is 18.3 Å². The number of rotatable bonds is 4. The number of nitrogens with zero attached hydrogens (tertiary/aromatic N) is 2. The van der Waals surface area contributed by atoms with Crippen LogP contribution in [0.5, 0.6) is 0 Å². The molecule has 1 aromatic carbocycles. The van der Waals surface area contributed by atoms with E-state index in [4.69, 9.17) is 10.4 Å². The molecule has 20 heavy (non-hydrogen) atoms. The van der Waals surface area contributed by atoms with Crippen molar-refractivity contribution in [1.82, 2.24) is 4.31 Å². The topological polar surface area (TPSA) is 81.4 Å². The monoisotopic (exact) mass is 294 g/mol. The first kappa shape index (κ1) is 15.0. The normalized spacial score (nSPS) is 17.8. The minimum absolute atomic E-state index is 0.0771. The Morgan fingerprint density at radius 3 is 2.65 bits per heavy atom. The Hall–Kier alpha value is -1.42. The molecule has 0 aliphatic carbocycles. The quantitative estimate of drug-likeness (QED) is 0.901. The van der Waals surface area contributed by atoms with Crippen molar-refractivity contribution in [2.45, 2.75) is 18.6 Å². The number of hydrogen-bond acceptors (Lipinski definition) is 4. The summed E-state index contributed by atoms with van der Waals surface area (Å²) in [7, 11) is -3.35. The Morgan fingerprint density at radius 2 is 2.05 bits per heavy atom. The maximum Gasteiger partial charge on any atom is 0.218 e. The minimum Gasteiger partial charge on any atom is -0.396 e. The second kappa shape index (κ2) is 6.35. The van der Waals surface area contributed by atoms with Crippen molar-refractivity contribution in [3.05, 3.63) is 35.4 Å². The van der Waals surface area contributed by atoms with Crippen LogP contribution in [0.3, 0.4) is 0 Å². The van der Waals surface area contributed by atoms with Gasteiger partial charge in [0.05, 0.1) is 17.4 Å². The summed E-state index contributed by atoms with van der Waals surface area (Å²) in [6.45, 7) is 1.05. The van der Waals surface area contributed by atoms with Crippen molar-refractivity contribution in [1.29, 1.82) is 5.26 Å². The summed E-state index contributed by atoms with van der Waals surface area (Å²) in [4.78, 5) is 0. The van der Waals surface area contributed by atoms with E-state index in [0.29, 0.717) is 37.1 Å². The van der Waals surface area contributed by atoms with Gasteiger partial charge in [0.15, 0.2) is 0 Å². The molecule has 0 spiro atoms. The van der Waals surface area contributed by atoms with Crippen LogP contribution in [0.15, 0.2) is 24.3 Å². The van der Waals surface area contributed by atoms with Gasteiger partial charge in [-0.2, -0.15) is 5.26 Å². The predicted molar refractivity (Wildman–Crippen MR) is 75.2 cm³/mol. The van der Waals surface area contributed by atoms with Gasteiger partial charge in [-0.1, -0.05) is 12.1 Å². The van der Waals surface area contributed by atoms with Gasteiger partial charge in [0.1, 0.15) is 0 Å². The number of benzene rings is 1. The van der Waals surface area contributed by atoms with Gasteiger partial charge >= 0.3 is 0 Å². The molecule has 0 radical (unpaired) electrons. The van der Waals surface area contributed by atoms with Gasteiger partial charge in [-0.05, 0) is 36.5 Å². The zero-order valence-electron chi connectivity index (χ0n) is 11.2. The third kappa shape index (κ3) is 3.57. The van der Waals surface area contributed by atoms with E-state index >= 15 is 0 Å². The highest BCUT2D eigenvalue weighted by molar-refractivity contribution is 7.88. The Bertz CT molecular complexity index is 599. The highest BCUT2D eigenvalue weighted by atomic mass is 32.2. The first-order valence-corrected chi connectivity index (χ1v) is 8.24. The number of aliphatic hydroxyl groups excluding tert-OH is 1. The SMILES string of the molecule is N#Cc1cccc(CS(=O)(=O)N2CCC(CO)CC2)c1. The van der Waals surface area contributed by atoms with Gasteiger partial charge in [0.25, 0.3) is 0 Å². The molecule has 2 rings (SSSR count). The zero-order chi connectivity index (χ0) is 14.6. The maximum absolute atomic E-state index is 12.3. The lowest BCUT2D eigenvalue weighted by molar-refractivity contribution is 0.170. The Kier molecular flexibility index (Phi) is 4.76. The van der Waals surface area contributed by atoms with Gasteiger partial charge in [0, 0.05) is 19.7 Å². The van der Waals surface area contributed by atoms with E-state index < -0.39 is 10.0 Å². The van der Waals surface area contributed by atoms with E-state index in [1.807, 2.05) is 6.07 Å². The van der Waals surface area contributed by atoms with Crippen LogP contribution in [0.2, 0.25) is 0 Å². The molecule has 6 heteroatoms. The molecule has 1 aliphatic rings. The summed E-state index contributed by atoms with van der Waals surface area (Å²) >= 11 is 0. The Balaban J connectivity index is 2.06. The van der Waals surface area contributed by atoms with Gasteiger partial charge in [-0.15, -0.1) is 0 Å². The fourth-order valence-electron chi connectivity index (χ4n) is 2.40. The van der Waals surface area contributed by atoms with Crippen molar-refractivity contribution in [2.75, 3.05) is 19.7 Å². The van der Waals surface area contributed by atoms with Gasteiger partial charge in [-0.25, -0.2) is 12.7 Å². The van der Waals surface area contributed by atoms with Crippen LogP contribution in [0.25, 0.3) is 0 Å². The molecule has 0 unspecified atom stereocenters. The summed E-state index contributed by atoms with van der Waals surface area (Å²) in [6.07, 6.45) is 1.40. The van der Waals surface area contributed by atoms with Crippen LogP contribution in [-0.4, -0.2) is 37.5 Å². The van der Waals surface area contributed by atoms with Crippen molar-refractivity contribution in [2.24, 2.45) is 5.92 Å². The van der Waals surface area contributed by atoms with E-state index in [1.54, 1.807) is 24.3 Å². The standard InChI is InChI=1S/C14H18N2O3S/c15-9-13-2-1-3-14(8-13)11-20(18,19)16-6-4-12(10-17)5-7-16/h1-3,8,12,17H,4-7,10-11H2. The molecule has 1 heterocycles. The molecule has 0 saturated carbocycles. The third-order valence-corrected chi connectivity index (χ3v) is 5.48. The van der Waals surface area contributed by atoms with Crippen LogP contribution < -0.4 is 0 Å². The van der Waals surface area contributed by atoms with E-state index in [0.717, 1.165) is 0 Å². The zero-order valence-corrected chi connectivity index (χ0v) is 12.0. The smallest absolute Gasteiger partial charge is 0.218 e. The molecule has 1 N–H and O–H groups in total. The van der Waals surface area contributed by atoms with Crippen molar-refractivity contribution in [3.8, 4) is 6.07 Å². The van der Waals surface area contributed by atoms with Gasteiger partial charge in [-0.3, -0.25) is 0 Å². The highest BCUT2D eigenvalue weighted by Crippen LogP contribution is 2.21. The van der Waals surface area contributed by atoms with Crippen molar-refractivity contribution in [3.63, 3.8) is 0 Å². The first-order valence-electron chi connectivity index (χ1n) is 6.63. The second-order valence-electron chi connectivity index (χ2n) is 5.09. The Morgan fingerprint density at radius 1 is 1.35 bits per heavy atom. The van der Waals surface area contributed by atoms with Gasteiger partial charge in [0.2, 0.25) is 10.0 Å². The molecule has 0 atom stereocenters. The summed E-state index contributed by atoms with van der Waals surface area (Å²) in [5.41, 5.74) is 1.10. The number of sulfonamides is 1. The predicted octanol–water partition coefficient (Wildman–Crippen LogP) is 1.09. The maximum atomic E-state index is 12.3. The third-order valence-electron chi connectivity index (χ3n) is 3.63. The molecular formula is C14H18N2O3S. The summed E-state index contributed by atoms with van der Waals surface area (Å²) in [5, 5.41) is 17.9. The van der Waals surface area contributed by atoms with Crippen LogP contribution in [-0.2, 0) is 15.8 Å². The lowest BCUT2D eigenvalue weighted by atomic mass is 10.00. The fraction of sp³-hybridized carbons (Fsp3) is 0.500. The molecule has 5 nitrogen and oxygen atoms in total. The lowest BCUT2D eigenvalue weighted by Gasteiger charge is -2.30. The minimum atomic E-state index is -3.35. The molecule has 1 aromatic rings. The number of hydrogen-bond donors (Lipinski definition) is 1. The highest BCUT2D eigenvalue weighted by Gasteiger charge is 2.27. The van der Waals surface area contributed by atoms with Crippen LogP contribution >= 0.6 is 0 Å². The fourth-order valence-corrected chi connectivity index (χ4v) is 3.95. The van der Waals surface area contributed by atoms with Crippen molar-refractivity contribution >= 4 is 10.0 Å². The lowest BCUT2D eigenvalue weighted by Crippen LogP contribution is -2.39. The Labute approximate surface area is 119 Å². The second-order valence-corrected chi connectivity index (χ2v) is 7.06. The number of aliphatic hydroxyl groups is 1. The largest absolute Gasteiger partial charge is 0.396 e. The average molecular weight is 294 g/mol. The van der Waals surface area contributed by atoms with E-state index in [1.165, 1.54) is 4.31 Å². The van der Waals surface area contributed by atoms with Crippen molar-refractivity contribution < 1.29 is 13.5 Å².